The maximum absolute atomic E-state index is 12.0. The molecule has 0 fully saturated rings. The van der Waals surface area contributed by atoms with Crippen molar-refractivity contribution in [1.82, 2.24) is 15.1 Å². The number of benzene rings is 1. The number of halogens is 1. The van der Waals surface area contributed by atoms with Gasteiger partial charge in [0.25, 0.3) is 11.5 Å². The minimum Gasteiger partial charge on any atom is -0.351 e. The van der Waals surface area contributed by atoms with E-state index in [1.807, 2.05) is 30.3 Å². The van der Waals surface area contributed by atoms with Gasteiger partial charge in [0.2, 0.25) is 0 Å². The molecule has 124 valence electrons. The van der Waals surface area contributed by atoms with Gasteiger partial charge < -0.3 is 11.1 Å². The normalized spacial score (nSPS) is 9.96. The highest BCUT2D eigenvalue weighted by Crippen LogP contribution is 2.00. The van der Waals surface area contributed by atoms with Gasteiger partial charge in [0, 0.05) is 12.6 Å². The van der Waals surface area contributed by atoms with Crippen molar-refractivity contribution in [2.24, 2.45) is 5.73 Å². The molecule has 0 aliphatic heterocycles. The van der Waals surface area contributed by atoms with Crippen LogP contribution in [-0.4, -0.2) is 28.8 Å². The quantitative estimate of drug-likeness (QED) is 0.743. The van der Waals surface area contributed by atoms with Crippen LogP contribution in [0.5, 0.6) is 0 Å². The number of carbonyl (C=O) groups excluding carboxylic acids is 1. The molecule has 1 aromatic heterocycles. The fraction of sp³-hybridized carbons (Fsp3) is 0.312. The van der Waals surface area contributed by atoms with Crippen molar-refractivity contribution in [3.8, 4) is 0 Å². The van der Waals surface area contributed by atoms with E-state index in [4.69, 9.17) is 5.73 Å². The number of carbonyl (C=O) groups is 1. The first kappa shape index (κ1) is 18.9. The Labute approximate surface area is 141 Å². The third-order valence-corrected chi connectivity index (χ3v) is 3.19. The number of unbranched alkanes of at least 4 members (excludes halogenated alkanes) is 1. The van der Waals surface area contributed by atoms with Crippen molar-refractivity contribution >= 4 is 18.3 Å². The van der Waals surface area contributed by atoms with Crippen LogP contribution in [0.1, 0.15) is 28.9 Å². The monoisotopic (exact) mass is 336 g/mol. The predicted octanol–water partition coefficient (Wildman–Crippen LogP) is 1.18. The molecule has 0 saturated carbocycles. The Kier molecular flexibility index (Phi) is 8.01. The fourth-order valence-electron chi connectivity index (χ4n) is 2.00. The van der Waals surface area contributed by atoms with E-state index in [1.54, 1.807) is 0 Å². The lowest BCUT2D eigenvalue weighted by atomic mass is 10.2. The summed E-state index contributed by atoms with van der Waals surface area (Å²) in [5, 5.41) is 6.91. The number of rotatable bonds is 7. The van der Waals surface area contributed by atoms with E-state index in [0.717, 1.165) is 18.4 Å². The molecule has 1 amide bonds. The van der Waals surface area contributed by atoms with E-state index < -0.39 is 0 Å². The van der Waals surface area contributed by atoms with E-state index in [-0.39, 0.29) is 29.6 Å². The predicted molar refractivity (Wildman–Crippen MR) is 91.9 cm³/mol. The number of nitrogens with zero attached hydrogens (tertiary/aromatic N) is 2. The largest absolute Gasteiger partial charge is 0.351 e. The van der Waals surface area contributed by atoms with Crippen molar-refractivity contribution in [3.63, 3.8) is 0 Å². The van der Waals surface area contributed by atoms with Gasteiger partial charge in [-0.2, -0.15) is 5.10 Å². The lowest BCUT2D eigenvalue weighted by Crippen LogP contribution is -2.30. The molecule has 7 heteroatoms. The average molecular weight is 337 g/mol. The number of hydrogen-bond donors (Lipinski definition) is 2. The Bertz CT molecular complexity index is 673. The maximum atomic E-state index is 12.0. The summed E-state index contributed by atoms with van der Waals surface area (Å²) in [6.07, 6.45) is 1.69. The molecular formula is C16H21ClN4O2. The summed E-state index contributed by atoms with van der Waals surface area (Å²) in [6.45, 7) is 1.50. The molecule has 0 saturated heterocycles. The van der Waals surface area contributed by atoms with Gasteiger partial charge in [-0.15, -0.1) is 12.4 Å². The molecule has 2 aromatic rings. The third kappa shape index (κ3) is 5.84. The lowest BCUT2D eigenvalue weighted by molar-refractivity contribution is 0.0945. The Morgan fingerprint density at radius 2 is 1.87 bits per heavy atom. The number of nitrogens with one attached hydrogen (secondary N) is 1. The van der Waals surface area contributed by atoms with Crippen LogP contribution in [0.3, 0.4) is 0 Å². The Balaban J connectivity index is 0.00000264. The molecule has 0 aliphatic rings. The molecule has 3 N–H and O–H groups in total. The van der Waals surface area contributed by atoms with Crippen LogP contribution < -0.4 is 16.6 Å². The van der Waals surface area contributed by atoms with Gasteiger partial charge in [0.05, 0.1) is 6.54 Å². The molecule has 0 atom stereocenters. The molecule has 2 rings (SSSR count). The molecular weight excluding hydrogens is 316 g/mol. The summed E-state index contributed by atoms with van der Waals surface area (Å²) in [7, 11) is 0. The van der Waals surface area contributed by atoms with E-state index in [0.29, 0.717) is 19.6 Å². The van der Waals surface area contributed by atoms with Gasteiger partial charge in [-0.25, -0.2) is 4.68 Å². The van der Waals surface area contributed by atoms with E-state index in [1.165, 1.54) is 16.8 Å². The van der Waals surface area contributed by atoms with Crippen molar-refractivity contribution in [2.75, 3.05) is 13.1 Å². The van der Waals surface area contributed by atoms with Crippen LogP contribution >= 0.6 is 12.4 Å². The van der Waals surface area contributed by atoms with E-state index >= 15 is 0 Å². The van der Waals surface area contributed by atoms with Crippen LogP contribution in [-0.2, 0) is 6.54 Å². The van der Waals surface area contributed by atoms with Gasteiger partial charge in [0.1, 0.15) is 5.69 Å². The number of aromatic nitrogens is 2. The Morgan fingerprint density at radius 1 is 1.13 bits per heavy atom. The van der Waals surface area contributed by atoms with E-state index in [2.05, 4.69) is 10.4 Å². The SMILES string of the molecule is Cl.NCCCCNC(=O)c1ccc(=O)n(Cc2ccccc2)n1. The minimum absolute atomic E-state index is 0. The zero-order valence-electron chi connectivity index (χ0n) is 12.8. The van der Waals surface area contributed by atoms with Crippen LogP contribution in [0.2, 0.25) is 0 Å². The standard InChI is InChI=1S/C16H20N4O2.ClH/c17-10-4-5-11-18-16(22)14-8-9-15(21)20(19-14)12-13-6-2-1-3-7-13;/h1-3,6-9H,4-5,10-12,17H2,(H,18,22);1H. The number of nitrogens with two attached hydrogens (primary N) is 1. The highest BCUT2D eigenvalue weighted by Gasteiger charge is 2.09. The van der Waals surface area contributed by atoms with Crippen LogP contribution in [0.25, 0.3) is 0 Å². The highest BCUT2D eigenvalue weighted by molar-refractivity contribution is 5.91. The zero-order chi connectivity index (χ0) is 15.8. The van der Waals surface area contributed by atoms with Gasteiger partial charge in [-0.05, 0) is 31.0 Å². The lowest BCUT2D eigenvalue weighted by Gasteiger charge is -2.08. The van der Waals surface area contributed by atoms with Crippen LogP contribution in [0.4, 0.5) is 0 Å². The van der Waals surface area contributed by atoms with Crippen LogP contribution in [0, 0.1) is 0 Å². The van der Waals surface area contributed by atoms with Crippen LogP contribution in [0.15, 0.2) is 47.3 Å². The Morgan fingerprint density at radius 3 is 2.57 bits per heavy atom. The molecule has 0 aliphatic carbocycles. The summed E-state index contributed by atoms with van der Waals surface area (Å²) in [5.41, 5.74) is 6.37. The van der Waals surface area contributed by atoms with Crippen molar-refractivity contribution in [1.29, 1.82) is 0 Å². The molecule has 1 heterocycles. The average Bonchev–Trinajstić information content (AvgIpc) is 2.54. The second kappa shape index (κ2) is 9.76. The summed E-state index contributed by atoms with van der Waals surface area (Å²) in [4.78, 5) is 23.9. The highest BCUT2D eigenvalue weighted by atomic mass is 35.5. The molecule has 1 aromatic carbocycles. The summed E-state index contributed by atoms with van der Waals surface area (Å²) in [5.74, 6) is -0.279. The number of hydrogen-bond acceptors (Lipinski definition) is 4. The first-order chi connectivity index (χ1) is 10.7. The van der Waals surface area contributed by atoms with E-state index in [9.17, 15) is 9.59 Å². The number of amides is 1. The van der Waals surface area contributed by atoms with Crippen molar-refractivity contribution < 1.29 is 4.79 Å². The smallest absolute Gasteiger partial charge is 0.271 e. The van der Waals surface area contributed by atoms with Gasteiger partial charge in [-0.3, -0.25) is 9.59 Å². The topological polar surface area (TPSA) is 90.0 Å². The first-order valence-corrected chi connectivity index (χ1v) is 7.31. The summed E-state index contributed by atoms with van der Waals surface area (Å²) < 4.78 is 1.30. The molecule has 0 bridgehead atoms. The molecule has 6 nitrogen and oxygen atoms in total. The Hall–Kier alpha value is -2.18. The minimum atomic E-state index is -0.279. The van der Waals surface area contributed by atoms with Gasteiger partial charge in [0.15, 0.2) is 0 Å². The van der Waals surface area contributed by atoms with Crippen molar-refractivity contribution in [3.05, 3.63) is 64.1 Å². The molecule has 0 unspecified atom stereocenters. The zero-order valence-corrected chi connectivity index (χ0v) is 13.6. The third-order valence-electron chi connectivity index (χ3n) is 3.19. The molecule has 0 spiro atoms. The summed E-state index contributed by atoms with van der Waals surface area (Å²) >= 11 is 0. The molecule has 0 radical (unpaired) electrons. The fourth-order valence-corrected chi connectivity index (χ4v) is 2.00. The van der Waals surface area contributed by atoms with Gasteiger partial charge in [-0.1, -0.05) is 30.3 Å². The van der Waals surface area contributed by atoms with Gasteiger partial charge >= 0.3 is 0 Å². The first-order valence-electron chi connectivity index (χ1n) is 7.31. The maximum Gasteiger partial charge on any atom is 0.271 e. The second-order valence-corrected chi connectivity index (χ2v) is 4.95. The summed E-state index contributed by atoms with van der Waals surface area (Å²) in [6, 6.07) is 12.3. The second-order valence-electron chi connectivity index (χ2n) is 4.95. The molecule has 23 heavy (non-hydrogen) atoms. The van der Waals surface area contributed by atoms with Crippen molar-refractivity contribution in [2.45, 2.75) is 19.4 Å².